The fourth-order valence-electron chi connectivity index (χ4n) is 3.67. The predicted octanol–water partition coefficient (Wildman–Crippen LogP) is 5.17. The Kier molecular flexibility index (Phi) is 5.36. The number of halogens is 1. The summed E-state index contributed by atoms with van der Waals surface area (Å²) in [6.07, 6.45) is 0. The summed E-state index contributed by atoms with van der Waals surface area (Å²) in [6.45, 7) is 2.59. The number of amides is 2. The third-order valence-corrected chi connectivity index (χ3v) is 5.34. The monoisotopic (exact) mass is 404 g/mol. The number of hydrogen-bond acceptors (Lipinski definition) is 2. The Hall–Kier alpha value is -3.11. The lowest BCUT2D eigenvalue weighted by molar-refractivity contribution is -0.121. The van der Waals surface area contributed by atoms with Crippen molar-refractivity contribution in [1.29, 1.82) is 0 Å². The van der Waals surface area contributed by atoms with Crippen molar-refractivity contribution in [2.75, 3.05) is 16.3 Å². The molecule has 5 heteroatoms. The average Bonchev–Trinajstić information content (AvgIpc) is 2.84. The molecule has 0 N–H and O–H groups in total. The highest BCUT2D eigenvalue weighted by Crippen LogP contribution is 2.36. The highest BCUT2D eigenvalue weighted by molar-refractivity contribution is 6.30. The van der Waals surface area contributed by atoms with Gasteiger partial charge in [0.2, 0.25) is 5.91 Å². The quantitative estimate of drug-likeness (QED) is 0.604. The maximum Gasteiger partial charge on any atom is 0.258 e. The van der Waals surface area contributed by atoms with Crippen molar-refractivity contribution < 1.29 is 9.59 Å². The summed E-state index contributed by atoms with van der Waals surface area (Å²) >= 11 is 6.14. The van der Waals surface area contributed by atoms with Crippen LogP contribution in [0.25, 0.3) is 0 Å². The second kappa shape index (κ2) is 8.10. The molecule has 0 saturated heterocycles. The molecule has 3 aromatic rings. The molecule has 0 fully saturated rings. The number of nitrogens with zero attached hydrogens (tertiary/aromatic N) is 2. The van der Waals surface area contributed by atoms with Gasteiger partial charge in [-0.05, 0) is 42.0 Å². The lowest BCUT2D eigenvalue weighted by Crippen LogP contribution is -2.38. The summed E-state index contributed by atoms with van der Waals surface area (Å²) in [5, 5.41) is 0.631. The van der Waals surface area contributed by atoms with Crippen LogP contribution in [0, 0.1) is 5.92 Å². The Morgan fingerprint density at radius 3 is 2.38 bits per heavy atom. The Bertz CT molecular complexity index is 1050. The van der Waals surface area contributed by atoms with Gasteiger partial charge in [0.05, 0.1) is 23.8 Å². The fourth-order valence-corrected chi connectivity index (χ4v) is 3.88. The van der Waals surface area contributed by atoms with Gasteiger partial charge in [0, 0.05) is 17.1 Å². The summed E-state index contributed by atoms with van der Waals surface area (Å²) in [4.78, 5) is 30.0. The summed E-state index contributed by atoms with van der Waals surface area (Å²) in [7, 11) is 0. The second-order valence-electron chi connectivity index (χ2n) is 7.23. The van der Waals surface area contributed by atoms with E-state index in [9.17, 15) is 9.59 Å². The van der Waals surface area contributed by atoms with Gasteiger partial charge in [-0.1, -0.05) is 61.0 Å². The van der Waals surface area contributed by atoms with Crippen LogP contribution in [0.15, 0.2) is 78.9 Å². The third kappa shape index (κ3) is 3.89. The molecular formula is C24H21ClN2O2. The number of fused-ring (bicyclic) bond motifs is 1. The maximum absolute atomic E-state index is 13.3. The molecule has 0 saturated carbocycles. The zero-order valence-corrected chi connectivity index (χ0v) is 16.8. The fraction of sp³-hybridized carbons (Fsp3) is 0.167. The van der Waals surface area contributed by atoms with Crippen LogP contribution in [0.1, 0.15) is 22.8 Å². The van der Waals surface area contributed by atoms with E-state index < -0.39 is 0 Å². The average molecular weight is 405 g/mol. The van der Waals surface area contributed by atoms with Crippen LogP contribution < -0.4 is 9.80 Å². The van der Waals surface area contributed by atoms with Crippen molar-refractivity contribution in [1.82, 2.24) is 0 Å². The Morgan fingerprint density at radius 2 is 1.66 bits per heavy atom. The minimum Gasteiger partial charge on any atom is -0.306 e. The standard InChI is InChI=1S/C24H21ClN2O2/c1-17-15-26(24(29)19-9-3-2-4-10-19)21-12-5-6-13-22(21)27(23(17)28)16-18-8-7-11-20(25)14-18/h2-14,17H,15-16H2,1H3. The van der Waals surface area contributed by atoms with Crippen molar-refractivity contribution >= 4 is 34.8 Å². The van der Waals surface area contributed by atoms with Crippen molar-refractivity contribution in [3.63, 3.8) is 0 Å². The summed E-state index contributed by atoms with van der Waals surface area (Å²) < 4.78 is 0. The molecule has 1 unspecified atom stereocenters. The molecule has 4 nitrogen and oxygen atoms in total. The van der Waals surface area contributed by atoms with E-state index in [1.165, 1.54) is 0 Å². The Labute approximate surface area is 175 Å². The minimum atomic E-state index is -0.339. The second-order valence-corrected chi connectivity index (χ2v) is 7.66. The summed E-state index contributed by atoms with van der Waals surface area (Å²) in [5.74, 6) is -0.461. The smallest absolute Gasteiger partial charge is 0.258 e. The number of hydrogen-bond donors (Lipinski definition) is 0. The van der Waals surface area contributed by atoms with E-state index in [1.807, 2.05) is 73.7 Å². The molecule has 2 amide bonds. The van der Waals surface area contributed by atoms with Crippen LogP contribution in [0.5, 0.6) is 0 Å². The zero-order chi connectivity index (χ0) is 20.4. The van der Waals surface area contributed by atoms with Gasteiger partial charge in [-0.25, -0.2) is 0 Å². The van der Waals surface area contributed by atoms with Gasteiger partial charge in [0.15, 0.2) is 0 Å². The third-order valence-electron chi connectivity index (χ3n) is 5.10. The van der Waals surface area contributed by atoms with Gasteiger partial charge < -0.3 is 9.80 Å². The molecule has 1 aliphatic heterocycles. The first-order chi connectivity index (χ1) is 14.0. The number of carbonyl (C=O) groups is 2. The first kappa shape index (κ1) is 19.2. The van der Waals surface area contributed by atoms with Crippen molar-refractivity contribution in [2.24, 2.45) is 5.92 Å². The van der Waals surface area contributed by atoms with Gasteiger partial charge in [-0.2, -0.15) is 0 Å². The summed E-state index contributed by atoms with van der Waals surface area (Å²) in [5.41, 5.74) is 3.01. The van der Waals surface area contributed by atoms with Gasteiger partial charge in [-0.3, -0.25) is 9.59 Å². The molecule has 3 aromatic carbocycles. The zero-order valence-electron chi connectivity index (χ0n) is 16.1. The molecule has 1 aliphatic rings. The highest BCUT2D eigenvalue weighted by Gasteiger charge is 2.34. The molecule has 29 heavy (non-hydrogen) atoms. The highest BCUT2D eigenvalue weighted by atomic mass is 35.5. The SMILES string of the molecule is CC1CN(C(=O)c2ccccc2)c2ccccc2N(Cc2cccc(Cl)c2)C1=O. The van der Waals surface area contributed by atoms with E-state index in [0.717, 1.165) is 16.9 Å². The van der Waals surface area contributed by atoms with Crippen LogP contribution >= 0.6 is 11.6 Å². The topological polar surface area (TPSA) is 40.6 Å². The molecule has 0 aliphatic carbocycles. The lowest BCUT2D eigenvalue weighted by Gasteiger charge is -2.25. The summed E-state index contributed by atoms with van der Waals surface area (Å²) in [6, 6.07) is 24.2. The molecule has 146 valence electrons. The van der Waals surface area contributed by atoms with Gasteiger partial charge >= 0.3 is 0 Å². The van der Waals surface area contributed by atoms with Crippen LogP contribution in [-0.2, 0) is 11.3 Å². The van der Waals surface area contributed by atoms with Crippen molar-refractivity contribution in [2.45, 2.75) is 13.5 Å². The van der Waals surface area contributed by atoms with Crippen LogP contribution in [0.2, 0.25) is 5.02 Å². The molecule has 1 heterocycles. The number of rotatable bonds is 3. The normalized spacial score (nSPS) is 16.3. The van der Waals surface area contributed by atoms with E-state index in [-0.39, 0.29) is 17.7 Å². The van der Waals surface area contributed by atoms with E-state index in [0.29, 0.717) is 23.7 Å². The van der Waals surface area contributed by atoms with E-state index in [2.05, 4.69) is 0 Å². The molecule has 4 rings (SSSR count). The van der Waals surface area contributed by atoms with Crippen LogP contribution in [0.3, 0.4) is 0 Å². The van der Waals surface area contributed by atoms with E-state index >= 15 is 0 Å². The van der Waals surface area contributed by atoms with Gasteiger partial charge in [0.25, 0.3) is 5.91 Å². The van der Waals surface area contributed by atoms with E-state index in [1.54, 1.807) is 21.9 Å². The molecule has 0 radical (unpaired) electrons. The molecule has 0 spiro atoms. The number of para-hydroxylation sites is 2. The van der Waals surface area contributed by atoms with Gasteiger partial charge in [-0.15, -0.1) is 0 Å². The van der Waals surface area contributed by atoms with Crippen molar-refractivity contribution in [3.8, 4) is 0 Å². The van der Waals surface area contributed by atoms with Crippen molar-refractivity contribution in [3.05, 3.63) is 95.0 Å². The minimum absolute atomic E-state index is 0.0132. The van der Waals surface area contributed by atoms with Crippen LogP contribution in [0.4, 0.5) is 11.4 Å². The first-order valence-corrected chi connectivity index (χ1v) is 9.94. The maximum atomic E-state index is 13.3. The molecule has 1 atom stereocenters. The molecular weight excluding hydrogens is 384 g/mol. The Morgan fingerprint density at radius 1 is 0.966 bits per heavy atom. The predicted molar refractivity (Wildman–Crippen MR) is 116 cm³/mol. The molecule has 0 bridgehead atoms. The first-order valence-electron chi connectivity index (χ1n) is 9.56. The van der Waals surface area contributed by atoms with Gasteiger partial charge in [0.1, 0.15) is 0 Å². The number of carbonyl (C=O) groups excluding carboxylic acids is 2. The van der Waals surface area contributed by atoms with E-state index in [4.69, 9.17) is 11.6 Å². The number of anilines is 2. The van der Waals surface area contributed by atoms with Crippen LogP contribution in [-0.4, -0.2) is 18.4 Å². The lowest BCUT2D eigenvalue weighted by atomic mass is 10.1. The Balaban J connectivity index is 1.77. The largest absolute Gasteiger partial charge is 0.306 e. The molecule has 0 aromatic heterocycles. The number of benzene rings is 3.